The molecule has 9 aromatic carbocycles. The molecule has 1 aromatic heterocycles. The summed E-state index contributed by atoms with van der Waals surface area (Å²) in [5.74, 6) is 0. The molecule has 0 aliphatic rings. The highest BCUT2D eigenvalue weighted by molar-refractivity contribution is 6.14. The molecule has 10 aromatic rings. The van der Waals surface area contributed by atoms with Gasteiger partial charge in [0.05, 0.1) is 11.4 Å². The molecular formula is C50H33NO. The van der Waals surface area contributed by atoms with Crippen LogP contribution in [0.4, 0.5) is 17.1 Å². The summed E-state index contributed by atoms with van der Waals surface area (Å²) in [4.78, 5) is 2.40. The standard InChI is InChI=1S/C50H33NO/c1-2-14-36(15-3-1)42-19-8-10-23-47(42)51(41-29-27-35(28-30-41)40-26-25-34-13-4-5-16-37(34)31-40)48-24-11-9-20-43(48)44-21-12-22-45-46-32-38-17-6-7-18-39(38)33-49(46)52-50(44)45/h1-33H. The van der Waals surface area contributed by atoms with E-state index < -0.39 is 0 Å². The topological polar surface area (TPSA) is 16.4 Å². The number of fused-ring (bicyclic) bond motifs is 5. The van der Waals surface area contributed by atoms with Crippen LogP contribution in [0.3, 0.4) is 0 Å². The van der Waals surface area contributed by atoms with Crippen LogP contribution in [0.1, 0.15) is 0 Å². The number of benzene rings is 9. The van der Waals surface area contributed by atoms with Crippen molar-refractivity contribution in [3.8, 4) is 33.4 Å². The maximum Gasteiger partial charge on any atom is 0.143 e. The largest absolute Gasteiger partial charge is 0.455 e. The lowest BCUT2D eigenvalue weighted by Crippen LogP contribution is -2.12. The minimum absolute atomic E-state index is 0.892. The van der Waals surface area contributed by atoms with E-state index in [1.165, 1.54) is 38.2 Å². The minimum atomic E-state index is 0.892. The van der Waals surface area contributed by atoms with Gasteiger partial charge in [0.1, 0.15) is 11.2 Å². The molecule has 0 atom stereocenters. The van der Waals surface area contributed by atoms with E-state index in [0.29, 0.717) is 0 Å². The lowest BCUT2D eigenvalue weighted by molar-refractivity contribution is 0.670. The molecule has 244 valence electrons. The Morgan fingerprint density at radius 2 is 0.904 bits per heavy atom. The van der Waals surface area contributed by atoms with E-state index >= 15 is 0 Å². The monoisotopic (exact) mass is 663 g/mol. The quantitative estimate of drug-likeness (QED) is 0.176. The summed E-state index contributed by atoms with van der Waals surface area (Å²) in [5, 5.41) is 7.11. The molecule has 1 heterocycles. The Morgan fingerprint density at radius 3 is 1.67 bits per heavy atom. The Labute approximate surface area is 302 Å². The molecule has 0 aliphatic heterocycles. The fourth-order valence-corrected chi connectivity index (χ4v) is 7.70. The molecule has 10 rings (SSSR count). The average Bonchev–Trinajstić information content (AvgIpc) is 3.58. The number of rotatable bonds is 6. The lowest BCUT2D eigenvalue weighted by Gasteiger charge is -2.30. The van der Waals surface area contributed by atoms with Gasteiger partial charge < -0.3 is 9.32 Å². The van der Waals surface area contributed by atoms with Crippen LogP contribution < -0.4 is 4.90 Å². The number of hydrogen-bond donors (Lipinski definition) is 0. The van der Waals surface area contributed by atoms with Crippen molar-refractivity contribution < 1.29 is 4.42 Å². The Kier molecular flexibility index (Phi) is 7.18. The maximum atomic E-state index is 6.76. The predicted molar refractivity (Wildman–Crippen MR) is 220 cm³/mol. The zero-order valence-corrected chi connectivity index (χ0v) is 28.4. The second-order valence-electron chi connectivity index (χ2n) is 13.3. The van der Waals surface area contributed by atoms with Crippen molar-refractivity contribution in [2.75, 3.05) is 4.90 Å². The van der Waals surface area contributed by atoms with Crippen LogP contribution in [0, 0.1) is 0 Å². The van der Waals surface area contributed by atoms with Crippen LogP contribution >= 0.6 is 0 Å². The van der Waals surface area contributed by atoms with Gasteiger partial charge in [-0.1, -0.05) is 158 Å². The molecule has 2 heteroatoms. The van der Waals surface area contributed by atoms with Crippen LogP contribution in [0.25, 0.3) is 76.9 Å². The zero-order valence-electron chi connectivity index (χ0n) is 28.4. The molecule has 0 radical (unpaired) electrons. The van der Waals surface area contributed by atoms with E-state index in [2.05, 4.69) is 205 Å². The molecule has 0 aliphatic carbocycles. The number of anilines is 3. The smallest absolute Gasteiger partial charge is 0.143 e. The fourth-order valence-electron chi connectivity index (χ4n) is 7.70. The van der Waals surface area contributed by atoms with Crippen LogP contribution in [0.5, 0.6) is 0 Å². The summed E-state index contributed by atoms with van der Waals surface area (Å²) in [6.45, 7) is 0. The van der Waals surface area contributed by atoms with Gasteiger partial charge in [-0.3, -0.25) is 0 Å². The first-order valence-electron chi connectivity index (χ1n) is 17.8. The lowest BCUT2D eigenvalue weighted by atomic mass is 9.97. The van der Waals surface area contributed by atoms with Gasteiger partial charge >= 0.3 is 0 Å². The zero-order chi connectivity index (χ0) is 34.4. The van der Waals surface area contributed by atoms with Crippen molar-refractivity contribution >= 4 is 60.5 Å². The van der Waals surface area contributed by atoms with Crippen molar-refractivity contribution in [2.24, 2.45) is 0 Å². The molecule has 0 N–H and O–H groups in total. The summed E-state index contributed by atoms with van der Waals surface area (Å²) < 4.78 is 6.76. The Morgan fingerprint density at radius 1 is 0.327 bits per heavy atom. The van der Waals surface area contributed by atoms with Gasteiger partial charge in [-0.05, 0) is 80.7 Å². The summed E-state index contributed by atoms with van der Waals surface area (Å²) in [5.41, 5.74) is 11.9. The minimum Gasteiger partial charge on any atom is -0.455 e. The summed E-state index contributed by atoms with van der Waals surface area (Å²) in [7, 11) is 0. The van der Waals surface area contributed by atoms with Gasteiger partial charge in [-0.25, -0.2) is 0 Å². The second kappa shape index (κ2) is 12.5. The number of nitrogens with zero attached hydrogens (tertiary/aromatic N) is 1. The highest BCUT2D eigenvalue weighted by atomic mass is 16.3. The van der Waals surface area contributed by atoms with Gasteiger partial charge in [-0.2, -0.15) is 0 Å². The Bertz CT molecular complexity index is 2900. The van der Waals surface area contributed by atoms with Gasteiger partial charge in [0.15, 0.2) is 0 Å². The van der Waals surface area contributed by atoms with E-state index in [4.69, 9.17) is 4.42 Å². The molecule has 0 spiro atoms. The summed E-state index contributed by atoms with van der Waals surface area (Å²) in [6.07, 6.45) is 0. The van der Waals surface area contributed by atoms with Crippen LogP contribution in [-0.2, 0) is 0 Å². The molecule has 0 fully saturated rings. The number of hydrogen-bond acceptors (Lipinski definition) is 2. The SMILES string of the molecule is c1ccc(-c2ccccc2N(c2ccc(-c3ccc4ccccc4c3)cc2)c2ccccc2-c2cccc3c2oc2cc4ccccc4cc23)cc1. The van der Waals surface area contributed by atoms with Crippen LogP contribution in [-0.4, -0.2) is 0 Å². The average molecular weight is 664 g/mol. The van der Waals surface area contributed by atoms with Crippen molar-refractivity contribution in [1.82, 2.24) is 0 Å². The van der Waals surface area contributed by atoms with Gasteiger partial charge in [0, 0.05) is 33.2 Å². The first-order chi connectivity index (χ1) is 25.8. The van der Waals surface area contributed by atoms with E-state index in [0.717, 1.165) is 55.7 Å². The number of para-hydroxylation sites is 3. The van der Waals surface area contributed by atoms with E-state index in [1.54, 1.807) is 0 Å². The second-order valence-corrected chi connectivity index (χ2v) is 13.3. The molecule has 0 saturated carbocycles. The third kappa shape index (κ3) is 5.12. The molecule has 0 unspecified atom stereocenters. The van der Waals surface area contributed by atoms with E-state index in [1.807, 2.05) is 0 Å². The highest BCUT2D eigenvalue weighted by Gasteiger charge is 2.22. The Hall–Kier alpha value is -6.90. The molecule has 52 heavy (non-hydrogen) atoms. The molecule has 0 amide bonds. The van der Waals surface area contributed by atoms with Crippen molar-refractivity contribution in [1.29, 1.82) is 0 Å². The van der Waals surface area contributed by atoms with E-state index in [-0.39, 0.29) is 0 Å². The predicted octanol–water partition coefficient (Wildman–Crippen LogP) is 14.4. The van der Waals surface area contributed by atoms with Crippen LogP contribution in [0.15, 0.2) is 205 Å². The van der Waals surface area contributed by atoms with Crippen molar-refractivity contribution in [2.45, 2.75) is 0 Å². The fraction of sp³-hybridized carbons (Fsp3) is 0. The molecule has 0 saturated heterocycles. The summed E-state index contributed by atoms with van der Waals surface area (Å²) >= 11 is 0. The van der Waals surface area contributed by atoms with Crippen LogP contribution in [0.2, 0.25) is 0 Å². The Balaban J connectivity index is 1.17. The van der Waals surface area contributed by atoms with Gasteiger partial charge in [-0.15, -0.1) is 0 Å². The molecule has 2 nitrogen and oxygen atoms in total. The number of furan rings is 1. The summed E-state index contributed by atoms with van der Waals surface area (Å²) in [6, 6.07) is 71.7. The third-order valence-electron chi connectivity index (χ3n) is 10.2. The maximum absolute atomic E-state index is 6.76. The highest BCUT2D eigenvalue weighted by Crippen LogP contribution is 2.47. The van der Waals surface area contributed by atoms with Crippen molar-refractivity contribution in [3.05, 3.63) is 200 Å². The van der Waals surface area contributed by atoms with Crippen molar-refractivity contribution in [3.63, 3.8) is 0 Å². The normalized spacial score (nSPS) is 11.5. The van der Waals surface area contributed by atoms with E-state index in [9.17, 15) is 0 Å². The first kappa shape index (κ1) is 30.0. The first-order valence-corrected chi connectivity index (χ1v) is 17.8. The van der Waals surface area contributed by atoms with Gasteiger partial charge in [0.2, 0.25) is 0 Å². The molecular weight excluding hydrogens is 631 g/mol. The molecule has 0 bridgehead atoms. The third-order valence-corrected chi connectivity index (χ3v) is 10.2. The van der Waals surface area contributed by atoms with Gasteiger partial charge in [0.25, 0.3) is 0 Å².